The Bertz CT molecular complexity index is 708. The molecule has 0 saturated carbocycles. The molecule has 3 rings (SSSR count). The second-order valence-corrected chi connectivity index (χ2v) is 5.78. The highest BCUT2D eigenvalue weighted by molar-refractivity contribution is 5.96. The van der Waals surface area contributed by atoms with E-state index in [4.69, 9.17) is 4.74 Å². The van der Waals surface area contributed by atoms with Crippen molar-refractivity contribution in [2.24, 2.45) is 5.92 Å². The normalized spacial score (nSPS) is 18.8. The van der Waals surface area contributed by atoms with Gasteiger partial charge in [-0.25, -0.2) is 9.48 Å². The predicted molar refractivity (Wildman–Crippen MR) is 86.0 cm³/mol. The SMILES string of the molecule is O=C(NC(C(=O)O)C1CCCOC1)c1cnn(-c2ccccc2)c1. The summed E-state index contributed by atoms with van der Waals surface area (Å²) in [5, 5.41) is 16.2. The molecule has 1 saturated heterocycles. The number of hydrogen-bond acceptors (Lipinski definition) is 4. The van der Waals surface area contributed by atoms with Gasteiger partial charge in [0, 0.05) is 18.7 Å². The van der Waals surface area contributed by atoms with Crippen molar-refractivity contribution in [2.75, 3.05) is 13.2 Å². The van der Waals surface area contributed by atoms with Crippen LogP contribution in [0, 0.1) is 5.92 Å². The molecule has 1 aromatic carbocycles. The minimum Gasteiger partial charge on any atom is -0.480 e. The molecular weight excluding hydrogens is 310 g/mol. The summed E-state index contributed by atoms with van der Waals surface area (Å²) in [6.45, 7) is 0.987. The average molecular weight is 329 g/mol. The molecule has 7 heteroatoms. The Hall–Kier alpha value is -2.67. The topological polar surface area (TPSA) is 93.5 Å². The third-order valence-electron chi connectivity index (χ3n) is 4.09. The molecule has 0 radical (unpaired) electrons. The number of ether oxygens (including phenoxy) is 1. The predicted octanol–water partition coefficient (Wildman–Crippen LogP) is 1.48. The van der Waals surface area contributed by atoms with Crippen LogP contribution in [-0.4, -0.2) is 46.0 Å². The van der Waals surface area contributed by atoms with Crippen LogP contribution in [0.25, 0.3) is 5.69 Å². The first kappa shape index (κ1) is 16.2. The molecule has 0 bridgehead atoms. The van der Waals surface area contributed by atoms with Gasteiger partial charge in [0.05, 0.1) is 24.1 Å². The molecule has 0 spiro atoms. The van der Waals surface area contributed by atoms with Gasteiger partial charge in [-0.15, -0.1) is 0 Å². The van der Waals surface area contributed by atoms with E-state index in [1.165, 1.54) is 6.20 Å². The molecule has 2 atom stereocenters. The quantitative estimate of drug-likeness (QED) is 0.867. The Morgan fingerprint density at radius 1 is 1.33 bits per heavy atom. The number of carboxylic acid groups (broad SMARTS) is 1. The summed E-state index contributed by atoms with van der Waals surface area (Å²) in [4.78, 5) is 23.9. The van der Waals surface area contributed by atoms with Crippen molar-refractivity contribution in [3.63, 3.8) is 0 Å². The Balaban J connectivity index is 1.71. The number of hydrogen-bond donors (Lipinski definition) is 2. The zero-order valence-corrected chi connectivity index (χ0v) is 13.1. The smallest absolute Gasteiger partial charge is 0.326 e. The second-order valence-electron chi connectivity index (χ2n) is 5.78. The molecule has 1 fully saturated rings. The number of nitrogens with one attached hydrogen (secondary N) is 1. The maximum atomic E-state index is 12.4. The van der Waals surface area contributed by atoms with Crippen molar-refractivity contribution < 1.29 is 19.4 Å². The molecule has 1 amide bonds. The van der Waals surface area contributed by atoms with Crippen LogP contribution in [0.2, 0.25) is 0 Å². The second kappa shape index (κ2) is 7.27. The van der Waals surface area contributed by atoms with E-state index < -0.39 is 17.9 Å². The molecule has 126 valence electrons. The third-order valence-corrected chi connectivity index (χ3v) is 4.09. The summed E-state index contributed by atoms with van der Waals surface area (Å²) >= 11 is 0. The molecule has 1 aliphatic heterocycles. The highest BCUT2D eigenvalue weighted by atomic mass is 16.5. The fourth-order valence-electron chi connectivity index (χ4n) is 2.80. The van der Waals surface area contributed by atoms with Gasteiger partial charge in [-0.05, 0) is 25.0 Å². The lowest BCUT2D eigenvalue weighted by Crippen LogP contribution is -2.48. The standard InChI is InChI=1S/C17H19N3O4/c21-16(19-15(17(22)23)12-5-4-8-24-11-12)13-9-18-20(10-13)14-6-2-1-3-7-14/h1-3,6-7,9-10,12,15H,4-5,8,11H2,(H,19,21)(H,22,23). The highest BCUT2D eigenvalue weighted by Gasteiger charge is 2.31. The van der Waals surface area contributed by atoms with E-state index in [2.05, 4.69) is 10.4 Å². The summed E-state index contributed by atoms with van der Waals surface area (Å²) < 4.78 is 6.91. The molecule has 2 N–H and O–H groups in total. The Labute approximate surface area is 139 Å². The first-order valence-corrected chi connectivity index (χ1v) is 7.86. The van der Waals surface area contributed by atoms with Gasteiger partial charge >= 0.3 is 5.97 Å². The molecule has 7 nitrogen and oxygen atoms in total. The zero-order valence-electron chi connectivity index (χ0n) is 13.1. The van der Waals surface area contributed by atoms with Crippen molar-refractivity contribution in [3.8, 4) is 5.69 Å². The molecule has 1 aromatic heterocycles. The van der Waals surface area contributed by atoms with Crippen molar-refractivity contribution in [2.45, 2.75) is 18.9 Å². The Morgan fingerprint density at radius 2 is 2.12 bits per heavy atom. The third kappa shape index (κ3) is 3.62. The monoisotopic (exact) mass is 329 g/mol. The van der Waals surface area contributed by atoms with Crippen molar-refractivity contribution in [1.82, 2.24) is 15.1 Å². The number of nitrogens with zero attached hydrogens (tertiary/aromatic N) is 2. The van der Waals surface area contributed by atoms with Crippen molar-refractivity contribution in [3.05, 3.63) is 48.3 Å². The number of benzene rings is 1. The number of carbonyl (C=O) groups is 2. The summed E-state index contributed by atoms with van der Waals surface area (Å²) in [5.41, 5.74) is 1.15. The number of amides is 1. The fraction of sp³-hybridized carbons (Fsp3) is 0.353. The van der Waals surface area contributed by atoms with Gasteiger partial charge in [-0.2, -0.15) is 5.10 Å². The molecule has 0 aliphatic carbocycles. The van der Waals surface area contributed by atoms with Crippen LogP contribution in [0.4, 0.5) is 0 Å². The summed E-state index contributed by atoms with van der Waals surface area (Å²) in [5.74, 6) is -1.71. The number of aliphatic carboxylic acids is 1. The summed E-state index contributed by atoms with van der Waals surface area (Å²) in [7, 11) is 0. The summed E-state index contributed by atoms with van der Waals surface area (Å²) in [6.07, 6.45) is 4.54. The Kier molecular flexibility index (Phi) is 4.90. The van der Waals surface area contributed by atoms with E-state index in [9.17, 15) is 14.7 Å². The van der Waals surface area contributed by atoms with Crippen LogP contribution in [0.3, 0.4) is 0 Å². The van der Waals surface area contributed by atoms with E-state index in [0.717, 1.165) is 18.5 Å². The molecule has 2 heterocycles. The van der Waals surface area contributed by atoms with Gasteiger partial charge in [0.2, 0.25) is 0 Å². The highest BCUT2D eigenvalue weighted by Crippen LogP contribution is 2.18. The zero-order chi connectivity index (χ0) is 16.9. The largest absolute Gasteiger partial charge is 0.480 e. The van der Waals surface area contributed by atoms with Crippen molar-refractivity contribution >= 4 is 11.9 Å². The van der Waals surface area contributed by atoms with Gasteiger partial charge in [-0.1, -0.05) is 18.2 Å². The number of para-hydroxylation sites is 1. The van der Waals surface area contributed by atoms with Crippen LogP contribution < -0.4 is 5.32 Å². The number of carbonyl (C=O) groups excluding carboxylic acids is 1. The van der Waals surface area contributed by atoms with Gasteiger partial charge in [0.1, 0.15) is 6.04 Å². The Morgan fingerprint density at radius 3 is 2.79 bits per heavy atom. The summed E-state index contributed by atoms with van der Waals surface area (Å²) in [6, 6.07) is 8.42. The van der Waals surface area contributed by atoms with E-state index in [0.29, 0.717) is 18.8 Å². The molecular formula is C17H19N3O4. The minimum atomic E-state index is -1.05. The van der Waals surface area contributed by atoms with E-state index >= 15 is 0 Å². The van der Waals surface area contributed by atoms with Crippen LogP contribution >= 0.6 is 0 Å². The maximum Gasteiger partial charge on any atom is 0.326 e. The number of rotatable bonds is 5. The van der Waals surface area contributed by atoms with E-state index in [-0.39, 0.29) is 5.92 Å². The first-order chi connectivity index (χ1) is 11.6. The van der Waals surface area contributed by atoms with Gasteiger partial charge in [-0.3, -0.25) is 4.79 Å². The van der Waals surface area contributed by atoms with Crippen LogP contribution in [0.5, 0.6) is 0 Å². The van der Waals surface area contributed by atoms with E-state index in [1.807, 2.05) is 30.3 Å². The van der Waals surface area contributed by atoms with E-state index in [1.54, 1.807) is 10.9 Å². The van der Waals surface area contributed by atoms with Gasteiger partial charge in [0.25, 0.3) is 5.91 Å². The molecule has 2 aromatic rings. The fourth-order valence-corrected chi connectivity index (χ4v) is 2.80. The lowest BCUT2D eigenvalue weighted by atomic mass is 9.93. The maximum absolute atomic E-state index is 12.4. The number of aromatic nitrogens is 2. The van der Waals surface area contributed by atoms with Gasteiger partial charge < -0.3 is 15.2 Å². The molecule has 2 unspecified atom stereocenters. The first-order valence-electron chi connectivity index (χ1n) is 7.86. The van der Waals surface area contributed by atoms with Crippen molar-refractivity contribution in [1.29, 1.82) is 0 Å². The molecule has 1 aliphatic rings. The lowest BCUT2D eigenvalue weighted by molar-refractivity contribution is -0.142. The van der Waals surface area contributed by atoms with Crippen LogP contribution in [0.15, 0.2) is 42.7 Å². The number of carboxylic acids is 1. The average Bonchev–Trinajstić information content (AvgIpc) is 3.11. The molecule has 24 heavy (non-hydrogen) atoms. The van der Waals surface area contributed by atoms with Crippen LogP contribution in [0.1, 0.15) is 23.2 Å². The van der Waals surface area contributed by atoms with Gasteiger partial charge in [0.15, 0.2) is 0 Å². The lowest BCUT2D eigenvalue weighted by Gasteiger charge is -2.27. The minimum absolute atomic E-state index is 0.218. The van der Waals surface area contributed by atoms with Crippen LogP contribution in [-0.2, 0) is 9.53 Å².